The number of carboxylic acids is 1. The average Bonchev–Trinajstić information content (AvgIpc) is 2.96. The van der Waals surface area contributed by atoms with E-state index in [0.717, 1.165) is 22.9 Å². The van der Waals surface area contributed by atoms with Gasteiger partial charge in [-0.25, -0.2) is 4.79 Å². The lowest BCUT2D eigenvalue weighted by Gasteiger charge is -2.21. The predicted molar refractivity (Wildman–Crippen MR) is 119 cm³/mol. The largest absolute Gasteiger partial charge is 0.489 e. The second kappa shape index (κ2) is 9.24. The quantitative estimate of drug-likeness (QED) is 0.513. The van der Waals surface area contributed by atoms with E-state index < -0.39 is 12.0 Å². The molecule has 0 spiro atoms. The lowest BCUT2D eigenvalue weighted by atomic mass is 10.1. The number of nitrogens with zero attached hydrogens (tertiary/aromatic N) is 1. The van der Waals surface area contributed by atoms with Gasteiger partial charge in [-0.05, 0) is 42.7 Å². The first-order valence-electron chi connectivity index (χ1n) is 9.17. The third-order valence-electron chi connectivity index (χ3n) is 4.49. The number of thioether (sulfide) groups is 1. The predicted octanol–water partition coefficient (Wildman–Crippen LogP) is 4.64. The highest BCUT2D eigenvalue weighted by atomic mass is 32.2. The normalized spacial score (nSPS) is 16.3. The van der Waals surface area contributed by atoms with Crippen LogP contribution >= 0.6 is 24.0 Å². The second-order valence-electron chi connectivity index (χ2n) is 6.66. The number of hydrogen-bond donors (Lipinski definition) is 1. The van der Waals surface area contributed by atoms with E-state index in [4.69, 9.17) is 17.0 Å². The van der Waals surface area contributed by atoms with Crippen molar-refractivity contribution in [2.75, 3.05) is 0 Å². The van der Waals surface area contributed by atoms with E-state index in [2.05, 4.69) is 0 Å². The SMILES string of the molecule is CC[C@H](C(=O)O)N1C(=O)/C(=C/c2cccc(OCc3ccc(C)cc3)c2)SC1=S. The summed E-state index contributed by atoms with van der Waals surface area (Å²) in [7, 11) is 0. The topological polar surface area (TPSA) is 66.8 Å². The number of thiocarbonyl (C=S) groups is 1. The van der Waals surface area contributed by atoms with Crippen LogP contribution in [0.1, 0.15) is 30.0 Å². The van der Waals surface area contributed by atoms with Crippen molar-refractivity contribution >= 4 is 46.3 Å². The molecule has 2 aromatic rings. The van der Waals surface area contributed by atoms with E-state index in [1.807, 2.05) is 55.5 Å². The number of amides is 1. The van der Waals surface area contributed by atoms with Crippen molar-refractivity contribution in [1.29, 1.82) is 0 Å². The number of aryl methyl sites for hydroxylation is 1. The van der Waals surface area contributed by atoms with E-state index in [9.17, 15) is 14.7 Å². The number of aliphatic carboxylic acids is 1. The molecule has 1 atom stereocenters. The molecule has 1 aliphatic rings. The van der Waals surface area contributed by atoms with E-state index in [0.29, 0.717) is 17.3 Å². The molecule has 7 heteroatoms. The van der Waals surface area contributed by atoms with E-state index in [1.165, 1.54) is 10.5 Å². The van der Waals surface area contributed by atoms with Crippen LogP contribution in [0.25, 0.3) is 6.08 Å². The summed E-state index contributed by atoms with van der Waals surface area (Å²) in [5.41, 5.74) is 3.05. The van der Waals surface area contributed by atoms with Gasteiger partial charge >= 0.3 is 5.97 Å². The number of benzene rings is 2. The number of carboxylic acid groups (broad SMARTS) is 1. The zero-order valence-electron chi connectivity index (χ0n) is 16.1. The van der Waals surface area contributed by atoms with E-state index in [1.54, 1.807) is 13.0 Å². The minimum absolute atomic E-state index is 0.266. The molecule has 1 aliphatic heterocycles. The van der Waals surface area contributed by atoms with Crippen LogP contribution < -0.4 is 4.74 Å². The maximum absolute atomic E-state index is 12.7. The Hall–Kier alpha value is -2.64. The molecule has 1 amide bonds. The van der Waals surface area contributed by atoms with Crippen molar-refractivity contribution in [3.8, 4) is 5.75 Å². The Morgan fingerprint density at radius 1 is 1.28 bits per heavy atom. The molecule has 1 saturated heterocycles. The minimum Gasteiger partial charge on any atom is -0.489 e. The molecule has 0 unspecified atom stereocenters. The number of rotatable bonds is 7. The fraction of sp³-hybridized carbons (Fsp3) is 0.227. The van der Waals surface area contributed by atoms with Crippen LogP contribution in [-0.2, 0) is 16.2 Å². The van der Waals surface area contributed by atoms with Crippen LogP contribution in [0.3, 0.4) is 0 Å². The Morgan fingerprint density at radius 3 is 2.66 bits per heavy atom. The zero-order chi connectivity index (χ0) is 21.0. The number of hydrogen-bond acceptors (Lipinski definition) is 5. The van der Waals surface area contributed by atoms with Crippen molar-refractivity contribution < 1.29 is 19.4 Å². The van der Waals surface area contributed by atoms with Crippen molar-refractivity contribution in [2.24, 2.45) is 0 Å². The zero-order valence-corrected chi connectivity index (χ0v) is 17.8. The monoisotopic (exact) mass is 427 g/mol. The van der Waals surface area contributed by atoms with Gasteiger partial charge in [0.05, 0.1) is 4.91 Å². The first-order chi connectivity index (χ1) is 13.9. The van der Waals surface area contributed by atoms with Crippen LogP contribution in [-0.4, -0.2) is 32.2 Å². The molecule has 2 aromatic carbocycles. The second-order valence-corrected chi connectivity index (χ2v) is 8.34. The summed E-state index contributed by atoms with van der Waals surface area (Å²) in [5.74, 6) is -0.747. The fourth-order valence-electron chi connectivity index (χ4n) is 2.91. The van der Waals surface area contributed by atoms with Crippen LogP contribution in [0.15, 0.2) is 53.4 Å². The number of carbonyl (C=O) groups excluding carboxylic acids is 1. The Bertz CT molecular complexity index is 969. The summed E-state index contributed by atoms with van der Waals surface area (Å²) in [4.78, 5) is 25.7. The molecule has 0 bridgehead atoms. The van der Waals surface area contributed by atoms with Crippen molar-refractivity contribution in [1.82, 2.24) is 4.90 Å². The third kappa shape index (κ3) is 5.05. The Labute approximate surface area is 179 Å². The first-order valence-corrected chi connectivity index (χ1v) is 10.4. The maximum Gasteiger partial charge on any atom is 0.326 e. The van der Waals surface area contributed by atoms with E-state index in [-0.39, 0.29) is 16.6 Å². The average molecular weight is 428 g/mol. The van der Waals surface area contributed by atoms with Gasteiger partial charge in [0.25, 0.3) is 5.91 Å². The van der Waals surface area contributed by atoms with E-state index >= 15 is 0 Å². The Kier molecular flexibility index (Phi) is 6.71. The van der Waals surface area contributed by atoms with Crippen molar-refractivity contribution in [2.45, 2.75) is 32.9 Å². The molecule has 29 heavy (non-hydrogen) atoms. The molecule has 150 valence electrons. The summed E-state index contributed by atoms with van der Waals surface area (Å²) in [5, 5.41) is 9.35. The molecule has 1 fully saturated rings. The van der Waals surface area contributed by atoms with Crippen LogP contribution in [0, 0.1) is 6.92 Å². The van der Waals surface area contributed by atoms with Gasteiger partial charge < -0.3 is 9.84 Å². The number of ether oxygens (including phenoxy) is 1. The van der Waals surface area contributed by atoms with Crippen molar-refractivity contribution in [3.05, 3.63) is 70.1 Å². The molecule has 0 radical (unpaired) electrons. The number of carbonyl (C=O) groups is 2. The van der Waals surface area contributed by atoms with Gasteiger partial charge in [0.15, 0.2) is 0 Å². The standard InChI is InChI=1S/C22H21NO4S2/c1-3-18(21(25)26)23-20(24)19(29-22(23)28)12-16-5-4-6-17(11-16)27-13-15-9-7-14(2)8-10-15/h4-12,18H,3,13H2,1-2H3,(H,25,26)/b19-12-/t18-/m1/s1. The molecule has 5 nitrogen and oxygen atoms in total. The highest BCUT2D eigenvalue weighted by Gasteiger charge is 2.39. The minimum atomic E-state index is -1.06. The Balaban J connectivity index is 1.74. The van der Waals surface area contributed by atoms with Crippen LogP contribution in [0.2, 0.25) is 0 Å². The molecule has 3 rings (SSSR count). The van der Waals surface area contributed by atoms with Gasteiger partial charge in [0.2, 0.25) is 0 Å². The van der Waals surface area contributed by atoms with Crippen LogP contribution in [0.4, 0.5) is 0 Å². The summed E-state index contributed by atoms with van der Waals surface area (Å²) in [6.07, 6.45) is 2.00. The van der Waals surface area contributed by atoms with Gasteiger partial charge in [-0.15, -0.1) is 0 Å². The molecule has 1 heterocycles. The van der Waals surface area contributed by atoms with Gasteiger partial charge in [-0.3, -0.25) is 9.69 Å². The van der Waals surface area contributed by atoms with Gasteiger partial charge in [-0.1, -0.05) is 72.9 Å². The highest BCUT2D eigenvalue weighted by molar-refractivity contribution is 8.26. The third-order valence-corrected chi connectivity index (χ3v) is 5.82. The Morgan fingerprint density at radius 2 is 2.00 bits per heavy atom. The lowest BCUT2D eigenvalue weighted by molar-refractivity contribution is -0.145. The smallest absolute Gasteiger partial charge is 0.326 e. The van der Waals surface area contributed by atoms with Crippen LogP contribution in [0.5, 0.6) is 5.75 Å². The summed E-state index contributed by atoms with van der Waals surface area (Å²) in [6, 6.07) is 14.6. The summed E-state index contributed by atoms with van der Waals surface area (Å²) < 4.78 is 6.12. The molecule has 0 saturated carbocycles. The van der Waals surface area contributed by atoms with Gasteiger partial charge in [0, 0.05) is 0 Å². The van der Waals surface area contributed by atoms with Crippen molar-refractivity contribution in [3.63, 3.8) is 0 Å². The maximum atomic E-state index is 12.7. The molecule has 0 aromatic heterocycles. The highest BCUT2D eigenvalue weighted by Crippen LogP contribution is 2.35. The summed E-state index contributed by atoms with van der Waals surface area (Å²) in [6.45, 7) is 4.20. The molecular weight excluding hydrogens is 406 g/mol. The molecule has 0 aliphatic carbocycles. The first kappa shape index (κ1) is 21.1. The lowest BCUT2D eigenvalue weighted by Crippen LogP contribution is -2.43. The fourth-order valence-corrected chi connectivity index (χ4v) is 4.27. The molecule has 1 N–H and O–H groups in total. The van der Waals surface area contributed by atoms with Gasteiger partial charge in [0.1, 0.15) is 22.7 Å². The molecular formula is C22H21NO4S2. The summed E-state index contributed by atoms with van der Waals surface area (Å²) >= 11 is 6.36. The van der Waals surface area contributed by atoms with Gasteiger partial charge in [-0.2, -0.15) is 0 Å².